The molecular formula is C21H23N5O3S2. The quantitative estimate of drug-likeness (QED) is 0.502. The van der Waals surface area contributed by atoms with E-state index in [1.165, 1.54) is 23.9 Å². The number of carbonyl (C=O) groups is 1. The summed E-state index contributed by atoms with van der Waals surface area (Å²) in [5, 5.41) is 13.2. The van der Waals surface area contributed by atoms with Crippen LogP contribution in [0.2, 0.25) is 0 Å². The Morgan fingerprint density at radius 1 is 1.19 bits per heavy atom. The van der Waals surface area contributed by atoms with E-state index in [0.29, 0.717) is 11.1 Å². The first-order chi connectivity index (χ1) is 14.8. The highest BCUT2D eigenvalue weighted by atomic mass is 32.2. The number of sulfonamides is 1. The molecule has 1 heterocycles. The number of hydrogen-bond acceptors (Lipinski definition) is 6. The van der Waals surface area contributed by atoms with Gasteiger partial charge in [-0.05, 0) is 49.6 Å². The Balaban J connectivity index is 1.38. The first-order valence-electron chi connectivity index (χ1n) is 9.88. The van der Waals surface area contributed by atoms with Crippen molar-refractivity contribution in [1.82, 2.24) is 20.1 Å². The normalized spacial score (nSPS) is 14.9. The van der Waals surface area contributed by atoms with Crippen molar-refractivity contribution >= 4 is 27.7 Å². The van der Waals surface area contributed by atoms with Crippen LogP contribution in [-0.2, 0) is 14.8 Å². The number of rotatable bonds is 8. The lowest BCUT2D eigenvalue weighted by atomic mass is 10.1. The Bertz CT molecular complexity index is 1170. The maximum Gasteiger partial charge on any atom is 0.238 e. The average Bonchev–Trinajstić information content (AvgIpc) is 3.51. The zero-order valence-corrected chi connectivity index (χ0v) is 18.6. The first-order valence-corrected chi connectivity index (χ1v) is 12.4. The summed E-state index contributed by atoms with van der Waals surface area (Å²) in [5.41, 5.74) is 1.75. The average molecular weight is 458 g/mol. The van der Waals surface area contributed by atoms with Crippen molar-refractivity contribution in [2.75, 3.05) is 5.75 Å². The van der Waals surface area contributed by atoms with E-state index in [4.69, 9.17) is 5.14 Å². The molecule has 1 amide bonds. The van der Waals surface area contributed by atoms with Crippen molar-refractivity contribution in [2.45, 2.75) is 41.8 Å². The molecule has 3 aromatic rings. The number of para-hydroxylation sites is 1. The van der Waals surface area contributed by atoms with Gasteiger partial charge in [-0.25, -0.2) is 23.2 Å². The number of thioether (sulfide) groups is 1. The molecule has 1 saturated carbocycles. The minimum absolute atomic E-state index is 0.0388. The summed E-state index contributed by atoms with van der Waals surface area (Å²) in [5.74, 6) is 1.40. The fourth-order valence-corrected chi connectivity index (χ4v) is 4.33. The Morgan fingerprint density at radius 3 is 2.48 bits per heavy atom. The van der Waals surface area contributed by atoms with Crippen molar-refractivity contribution in [2.24, 2.45) is 5.14 Å². The van der Waals surface area contributed by atoms with Gasteiger partial charge in [-0.1, -0.05) is 42.1 Å². The monoisotopic (exact) mass is 457 g/mol. The van der Waals surface area contributed by atoms with Crippen LogP contribution in [0.4, 0.5) is 0 Å². The van der Waals surface area contributed by atoms with E-state index in [9.17, 15) is 13.2 Å². The minimum atomic E-state index is -3.74. The predicted octanol–water partition coefficient (Wildman–Crippen LogP) is 2.76. The lowest BCUT2D eigenvalue weighted by Gasteiger charge is -2.14. The second-order valence-corrected chi connectivity index (χ2v) is 9.97. The van der Waals surface area contributed by atoms with Crippen molar-refractivity contribution in [1.29, 1.82) is 0 Å². The first kappa shape index (κ1) is 21.5. The lowest BCUT2D eigenvalue weighted by Crippen LogP contribution is -2.28. The van der Waals surface area contributed by atoms with Gasteiger partial charge < -0.3 is 5.32 Å². The van der Waals surface area contributed by atoms with E-state index in [1.54, 1.807) is 12.1 Å². The molecule has 0 radical (unpaired) electrons. The molecule has 10 heteroatoms. The van der Waals surface area contributed by atoms with Crippen LogP contribution in [-0.4, -0.2) is 34.8 Å². The second-order valence-electron chi connectivity index (χ2n) is 7.47. The van der Waals surface area contributed by atoms with Crippen LogP contribution < -0.4 is 10.5 Å². The van der Waals surface area contributed by atoms with Crippen LogP contribution in [0.5, 0.6) is 0 Å². The van der Waals surface area contributed by atoms with Crippen molar-refractivity contribution in [3.8, 4) is 5.69 Å². The second kappa shape index (κ2) is 8.81. The molecule has 31 heavy (non-hydrogen) atoms. The molecule has 1 aliphatic rings. The largest absolute Gasteiger partial charge is 0.349 e. The number of aromatic nitrogens is 3. The molecule has 0 unspecified atom stereocenters. The fourth-order valence-electron chi connectivity index (χ4n) is 3.17. The maximum absolute atomic E-state index is 12.4. The summed E-state index contributed by atoms with van der Waals surface area (Å²) in [6, 6.07) is 15.7. The van der Waals surface area contributed by atoms with Crippen molar-refractivity contribution < 1.29 is 13.2 Å². The number of nitrogens with one attached hydrogen (secondary N) is 1. The minimum Gasteiger partial charge on any atom is -0.349 e. The molecule has 8 nitrogen and oxygen atoms in total. The molecule has 0 saturated heterocycles. The van der Waals surface area contributed by atoms with Crippen LogP contribution in [0.25, 0.3) is 5.69 Å². The molecule has 0 aliphatic heterocycles. The van der Waals surface area contributed by atoms with E-state index >= 15 is 0 Å². The Hall–Kier alpha value is -2.69. The van der Waals surface area contributed by atoms with Crippen molar-refractivity contribution in [3.63, 3.8) is 0 Å². The van der Waals surface area contributed by atoms with Crippen LogP contribution in [0.15, 0.2) is 64.6 Å². The smallest absolute Gasteiger partial charge is 0.238 e. The molecule has 1 aromatic heterocycles. The summed E-state index contributed by atoms with van der Waals surface area (Å²) in [6.07, 6.45) is 2.22. The molecule has 0 spiro atoms. The molecule has 4 rings (SSSR count). The van der Waals surface area contributed by atoms with Gasteiger partial charge in [0, 0.05) is 5.92 Å². The van der Waals surface area contributed by atoms with E-state index in [0.717, 1.165) is 29.9 Å². The third kappa shape index (κ3) is 5.33. The molecule has 1 aliphatic carbocycles. The number of carbonyl (C=O) groups excluding carboxylic acids is 1. The summed E-state index contributed by atoms with van der Waals surface area (Å²) < 4.78 is 24.6. The maximum atomic E-state index is 12.4. The Labute approximate surface area is 185 Å². The fraction of sp³-hybridized carbons (Fsp3) is 0.286. The zero-order valence-electron chi connectivity index (χ0n) is 16.9. The topological polar surface area (TPSA) is 120 Å². The number of nitrogens with zero attached hydrogens (tertiary/aromatic N) is 3. The van der Waals surface area contributed by atoms with Crippen LogP contribution >= 0.6 is 11.8 Å². The lowest BCUT2D eigenvalue weighted by molar-refractivity contribution is -0.119. The third-order valence-corrected chi connectivity index (χ3v) is 6.74. The SMILES string of the molecule is C[C@H](NC(=O)CSc1nc(C2CC2)n(-c2ccccc2)n1)c1ccc(S(N)(=O)=O)cc1. The summed E-state index contributed by atoms with van der Waals surface area (Å²) in [6.45, 7) is 1.84. The van der Waals surface area contributed by atoms with E-state index in [-0.39, 0.29) is 22.6 Å². The highest BCUT2D eigenvalue weighted by Crippen LogP contribution is 2.40. The van der Waals surface area contributed by atoms with Gasteiger partial charge in [0.15, 0.2) is 0 Å². The van der Waals surface area contributed by atoms with Crippen LogP contribution in [0, 0.1) is 0 Å². The Morgan fingerprint density at radius 2 is 1.87 bits per heavy atom. The van der Waals surface area contributed by atoms with E-state index < -0.39 is 10.0 Å². The molecule has 162 valence electrons. The van der Waals surface area contributed by atoms with Crippen molar-refractivity contribution in [3.05, 3.63) is 66.0 Å². The third-order valence-electron chi connectivity index (χ3n) is 4.97. The molecule has 2 aromatic carbocycles. The summed E-state index contributed by atoms with van der Waals surface area (Å²) >= 11 is 1.30. The number of nitrogens with two attached hydrogens (primary N) is 1. The molecule has 1 atom stereocenters. The van der Waals surface area contributed by atoms with Gasteiger partial charge in [0.1, 0.15) is 5.82 Å². The molecule has 3 N–H and O–H groups in total. The highest BCUT2D eigenvalue weighted by Gasteiger charge is 2.30. The van der Waals surface area contributed by atoms with Gasteiger partial charge in [-0.2, -0.15) is 0 Å². The summed E-state index contributed by atoms with van der Waals surface area (Å²) in [7, 11) is -3.74. The number of primary sulfonamides is 1. The van der Waals surface area contributed by atoms with Crippen LogP contribution in [0.1, 0.15) is 43.1 Å². The zero-order chi connectivity index (χ0) is 22.0. The van der Waals surface area contributed by atoms with Gasteiger partial charge in [0.2, 0.25) is 21.1 Å². The van der Waals surface area contributed by atoms with E-state index in [2.05, 4.69) is 15.4 Å². The van der Waals surface area contributed by atoms with Gasteiger partial charge in [0.25, 0.3) is 0 Å². The highest BCUT2D eigenvalue weighted by molar-refractivity contribution is 7.99. The van der Waals surface area contributed by atoms with E-state index in [1.807, 2.05) is 41.9 Å². The van der Waals surface area contributed by atoms with Gasteiger partial charge in [-0.15, -0.1) is 5.10 Å². The molecule has 1 fully saturated rings. The number of amides is 1. The number of benzene rings is 2. The molecular weight excluding hydrogens is 434 g/mol. The Kier molecular flexibility index (Phi) is 6.12. The predicted molar refractivity (Wildman–Crippen MR) is 118 cm³/mol. The van der Waals surface area contributed by atoms with Gasteiger partial charge >= 0.3 is 0 Å². The van der Waals surface area contributed by atoms with Gasteiger partial charge in [0.05, 0.1) is 22.4 Å². The summed E-state index contributed by atoms with van der Waals surface area (Å²) in [4.78, 5) is 17.1. The molecule has 0 bridgehead atoms. The van der Waals surface area contributed by atoms with Crippen LogP contribution in [0.3, 0.4) is 0 Å². The van der Waals surface area contributed by atoms with Gasteiger partial charge in [-0.3, -0.25) is 4.79 Å². The number of hydrogen-bond donors (Lipinski definition) is 2. The standard InChI is InChI=1S/C21H23N5O3S2/c1-14(15-9-11-18(12-10-15)31(22,28)29)23-19(27)13-30-21-24-20(16-7-8-16)26(25-21)17-5-3-2-4-6-17/h2-6,9-12,14,16H,7-8,13H2,1H3,(H,23,27)(H2,22,28,29)/t14-/m0/s1.